The van der Waals surface area contributed by atoms with E-state index in [1.54, 1.807) is 36.4 Å². The number of hydrogen-bond donors (Lipinski definition) is 1. The number of hydrogen-bond acceptors (Lipinski definition) is 6. The van der Waals surface area contributed by atoms with Crippen LogP contribution in [0.1, 0.15) is 72.0 Å². The number of aromatic carboxylic acids is 1. The van der Waals surface area contributed by atoms with Crippen molar-refractivity contribution in [3.63, 3.8) is 0 Å². The van der Waals surface area contributed by atoms with Gasteiger partial charge in [0.05, 0.1) is 35.3 Å². The number of halogens is 2. The second-order valence-corrected chi connectivity index (χ2v) is 11.5. The summed E-state index contributed by atoms with van der Waals surface area (Å²) < 4.78 is 27.9. The zero-order chi connectivity index (χ0) is 29.2. The molecule has 220 valence electrons. The lowest BCUT2D eigenvalue weighted by Gasteiger charge is -2.37. The van der Waals surface area contributed by atoms with Gasteiger partial charge in [0.2, 0.25) is 5.88 Å². The molecule has 1 N–H and O–H groups in total. The molecule has 8 nitrogen and oxygen atoms in total. The average Bonchev–Trinajstić information content (AvgIpc) is 3.32. The zero-order valence-corrected chi connectivity index (χ0v) is 24.3. The third kappa shape index (κ3) is 6.00. The molecule has 0 saturated carbocycles. The Kier molecular flexibility index (Phi) is 8.42. The molecule has 10 heteroatoms. The summed E-state index contributed by atoms with van der Waals surface area (Å²) in [7, 11) is 0. The maximum atomic E-state index is 14.2. The van der Waals surface area contributed by atoms with Gasteiger partial charge in [0.25, 0.3) is 0 Å². The highest BCUT2D eigenvalue weighted by Gasteiger charge is 2.31. The van der Waals surface area contributed by atoms with E-state index in [0.717, 1.165) is 67.9 Å². The molecule has 0 aliphatic carbocycles. The van der Waals surface area contributed by atoms with Crippen LogP contribution in [0.5, 0.6) is 5.88 Å². The molecule has 6 rings (SSSR count). The fraction of sp³-hybridized carbons (Fsp3) is 0.406. The van der Waals surface area contributed by atoms with Gasteiger partial charge in [-0.25, -0.2) is 19.2 Å². The summed E-state index contributed by atoms with van der Waals surface area (Å²) in [4.78, 5) is 24.0. The Morgan fingerprint density at radius 2 is 1.95 bits per heavy atom. The van der Waals surface area contributed by atoms with Crippen LogP contribution in [0.25, 0.3) is 11.0 Å². The van der Waals surface area contributed by atoms with E-state index in [1.807, 2.05) is 12.1 Å². The van der Waals surface area contributed by atoms with Crippen LogP contribution in [0.15, 0.2) is 54.6 Å². The summed E-state index contributed by atoms with van der Waals surface area (Å²) in [5.74, 6) is 0.387. The van der Waals surface area contributed by atoms with E-state index in [0.29, 0.717) is 23.0 Å². The molecule has 2 fully saturated rings. The van der Waals surface area contributed by atoms with Gasteiger partial charge in [-0.1, -0.05) is 30.7 Å². The highest BCUT2D eigenvalue weighted by atomic mass is 35.5. The highest BCUT2D eigenvalue weighted by molar-refractivity contribution is 6.30. The summed E-state index contributed by atoms with van der Waals surface area (Å²) in [6.45, 7) is 5.45. The van der Waals surface area contributed by atoms with Gasteiger partial charge in [0.15, 0.2) is 0 Å². The van der Waals surface area contributed by atoms with E-state index in [-0.39, 0.29) is 30.2 Å². The minimum absolute atomic E-state index is 0.0803. The molecule has 0 amide bonds. The van der Waals surface area contributed by atoms with Crippen molar-refractivity contribution in [3.05, 3.63) is 88.1 Å². The Morgan fingerprint density at radius 3 is 2.64 bits per heavy atom. The summed E-state index contributed by atoms with van der Waals surface area (Å²) in [6.07, 6.45) is 3.87. The first-order valence-electron chi connectivity index (χ1n) is 14.5. The first-order chi connectivity index (χ1) is 20.4. The molecule has 0 radical (unpaired) electrons. The second-order valence-electron chi connectivity index (χ2n) is 11.0. The summed E-state index contributed by atoms with van der Waals surface area (Å²) >= 11 is 5.86. The maximum Gasteiger partial charge on any atom is 0.335 e. The normalized spacial score (nSPS) is 18.6. The molecule has 2 aromatic heterocycles. The molecule has 4 aromatic rings. The Hall–Kier alpha value is -3.53. The van der Waals surface area contributed by atoms with Gasteiger partial charge in [0, 0.05) is 34.9 Å². The Labute approximate surface area is 249 Å². The number of piperidine rings is 1. The van der Waals surface area contributed by atoms with E-state index in [1.165, 1.54) is 6.07 Å². The predicted molar refractivity (Wildman–Crippen MR) is 158 cm³/mol. The fourth-order valence-electron chi connectivity index (χ4n) is 5.99. The number of fused-ring (bicyclic) bond motifs is 1. The number of aromatic nitrogens is 3. The number of likely N-dealkylation sites (tertiary alicyclic amines) is 1. The standard InChI is InChI=1S/C32H34ClFN4O4/c1-2-28(31-36-27-9-7-21(32(39)40)16-29(27)38(31)18-24-12-15-41-24)37-13-10-20(11-14-37)26-4-3-5-30(35-26)42-19-22-6-8-23(33)17-25(22)34/h3-9,16-17,20,24,28H,2,10-15,18-19H2,1H3,(H,39,40)/t24?,28-/m0/s1. The summed E-state index contributed by atoms with van der Waals surface area (Å²) in [5, 5.41) is 9.94. The molecular weight excluding hydrogens is 559 g/mol. The Bertz CT molecular complexity index is 1580. The summed E-state index contributed by atoms with van der Waals surface area (Å²) in [5.41, 5.74) is 3.32. The van der Waals surface area contributed by atoms with Gasteiger partial charge >= 0.3 is 5.97 Å². The predicted octanol–water partition coefficient (Wildman–Crippen LogP) is 6.62. The SMILES string of the molecule is CC[C@@H](c1nc2ccc(C(=O)O)cc2n1CC1CCO1)N1CCC(c2cccc(OCc3ccc(Cl)cc3F)n2)CC1. The number of carboxylic acids is 1. The van der Waals surface area contributed by atoms with Gasteiger partial charge in [-0.2, -0.15) is 0 Å². The number of imidazole rings is 1. The molecule has 1 unspecified atom stereocenters. The number of carboxylic acid groups (broad SMARTS) is 1. The van der Waals surface area contributed by atoms with Crippen LogP contribution in [0.3, 0.4) is 0 Å². The molecule has 2 atom stereocenters. The lowest BCUT2D eigenvalue weighted by Crippen LogP contribution is -2.38. The van der Waals surface area contributed by atoms with Crippen LogP contribution in [0.2, 0.25) is 5.02 Å². The Morgan fingerprint density at radius 1 is 1.14 bits per heavy atom. The number of benzene rings is 2. The molecule has 0 spiro atoms. The monoisotopic (exact) mass is 592 g/mol. The molecule has 4 heterocycles. The largest absolute Gasteiger partial charge is 0.478 e. The first-order valence-corrected chi connectivity index (χ1v) is 14.9. The molecule has 2 aliphatic rings. The maximum absolute atomic E-state index is 14.2. The number of rotatable bonds is 10. The van der Waals surface area contributed by atoms with E-state index in [2.05, 4.69) is 16.4 Å². The van der Waals surface area contributed by atoms with Gasteiger partial charge in [-0.05, 0) is 75.2 Å². The van der Waals surface area contributed by atoms with Crippen molar-refractivity contribution in [2.45, 2.75) is 63.8 Å². The number of nitrogens with zero attached hydrogens (tertiary/aromatic N) is 4. The zero-order valence-electron chi connectivity index (χ0n) is 23.5. The van der Waals surface area contributed by atoms with Gasteiger partial charge < -0.3 is 19.1 Å². The minimum atomic E-state index is -0.944. The van der Waals surface area contributed by atoms with E-state index in [4.69, 9.17) is 31.0 Å². The third-order valence-corrected chi connectivity index (χ3v) is 8.65. The molecule has 0 bridgehead atoms. The van der Waals surface area contributed by atoms with Crippen LogP contribution < -0.4 is 4.74 Å². The van der Waals surface area contributed by atoms with Crippen molar-refractivity contribution in [2.24, 2.45) is 0 Å². The molecule has 2 saturated heterocycles. The fourth-order valence-corrected chi connectivity index (χ4v) is 6.15. The third-order valence-electron chi connectivity index (χ3n) is 8.41. The lowest BCUT2D eigenvalue weighted by molar-refractivity contribution is -0.0595. The van der Waals surface area contributed by atoms with Crippen molar-refractivity contribution < 1.29 is 23.8 Å². The van der Waals surface area contributed by atoms with Crippen LogP contribution in [-0.2, 0) is 17.9 Å². The van der Waals surface area contributed by atoms with Crippen LogP contribution >= 0.6 is 11.6 Å². The van der Waals surface area contributed by atoms with Crippen LogP contribution in [0, 0.1) is 5.82 Å². The molecule has 2 aromatic carbocycles. The quantitative estimate of drug-likeness (QED) is 0.221. The smallest absolute Gasteiger partial charge is 0.335 e. The van der Waals surface area contributed by atoms with Crippen LogP contribution in [-0.4, -0.2) is 56.3 Å². The van der Waals surface area contributed by atoms with Gasteiger partial charge in [-0.15, -0.1) is 0 Å². The van der Waals surface area contributed by atoms with Crippen molar-refractivity contribution in [3.8, 4) is 5.88 Å². The molecule has 42 heavy (non-hydrogen) atoms. The van der Waals surface area contributed by atoms with Crippen molar-refractivity contribution in [1.82, 2.24) is 19.4 Å². The van der Waals surface area contributed by atoms with Crippen molar-refractivity contribution in [2.75, 3.05) is 19.7 Å². The number of carbonyl (C=O) groups is 1. The van der Waals surface area contributed by atoms with E-state index >= 15 is 0 Å². The average molecular weight is 593 g/mol. The van der Waals surface area contributed by atoms with E-state index in [9.17, 15) is 14.3 Å². The minimum Gasteiger partial charge on any atom is -0.478 e. The first kappa shape index (κ1) is 28.6. The van der Waals surface area contributed by atoms with Gasteiger partial charge in [0.1, 0.15) is 18.2 Å². The highest BCUT2D eigenvalue weighted by Crippen LogP contribution is 2.35. The number of pyridine rings is 1. The van der Waals surface area contributed by atoms with Crippen molar-refractivity contribution >= 4 is 28.6 Å². The number of ether oxygens (including phenoxy) is 2. The van der Waals surface area contributed by atoms with Crippen LogP contribution in [0.4, 0.5) is 4.39 Å². The topological polar surface area (TPSA) is 89.7 Å². The lowest BCUT2D eigenvalue weighted by atomic mass is 9.92. The molecular formula is C32H34ClFN4O4. The molecule has 2 aliphatic heterocycles. The van der Waals surface area contributed by atoms with E-state index < -0.39 is 11.8 Å². The van der Waals surface area contributed by atoms with Crippen molar-refractivity contribution in [1.29, 1.82) is 0 Å². The second kappa shape index (κ2) is 12.4. The summed E-state index contributed by atoms with van der Waals surface area (Å²) in [6, 6.07) is 15.6. The van der Waals surface area contributed by atoms with Gasteiger partial charge in [-0.3, -0.25) is 4.90 Å². The Balaban J connectivity index is 1.16.